The van der Waals surface area contributed by atoms with E-state index in [2.05, 4.69) is 15.0 Å². The number of amides is 3. The van der Waals surface area contributed by atoms with Gasteiger partial charge in [0, 0.05) is 18.3 Å². The van der Waals surface area contributed by atoms with E-state index in [4.69, 9.17) is 5.73 Å². The number of nitrogens with zero attached hydrogens (tertiary/aromatic N) is 2. The third-order valence-electron chi connectivity index (χ3n) is 5.41. The summed E-state index contributed by atoms with van der Waals surface area (Å²) in [4.78, 5) is 29.9. The van der Waals surface area contributed by atoms with E-state index < -0.39 is 44.5 Å². The van der Waals surface area contributed by atoms with E-state index in [9.17, 15) is 26.8 Å². The zero-order valence-corrected chi connectivity index (χ0v) is 20.1. The van der Waals surface area contributed by atoms with Crippen LogP contribution in [-0.4, -0.2) is 42.8 Å². The van der Waals surface area contributed by atoms with Gasteiger partial charge in [0.1, 0.15) is 22.6 Å². The van der Waals surface area contributed by atoms with Crippen LogP contribution in [0.3, 0.4) is 0 Å². The van der Waals surface area contributed by atoms with E-state index in [0.717, 1.165) is 12.1 Å². The fourth-order valence-electron chi connectivity index (χ4n) is 3.81. The van der Waals surface area contributed by atoms with Gasteiger partial charge in [-0.1, -0.05) is 23.5 Å². The van der Waals surface area contributed by atoms with Crippen LogP contribution in [0.25, 0.3) is 10.4 Å². The molecule has 0 radical (unpaired) electrons. The maximum absolute atomic E-state index is 14.0. The van der Waals surface area contributed by atoms with Crippen molar-refractivity contribution in [3.05, 3.63) is 59.8 Å². The lowest BCUT2D eigenvalue weighted by molar-refractivity contribution is -0.121. The number of rotatable bonds is 6. The molecule has 0 bridgehead atoms. The predicted molar refractivity (Wildman–Crippen MR) is 127 cm³/mol. The summed E-state index contributed by atoms with van der Waals surface area (Å²) in [7, 11) is -4.31. The van der Waals surface area contributed by atoms with Gasteiger partial charge in [0.2, 0.25) is 5.91 Å². The van der Waals surface area contributed by atoms with Crippen LogP contribution in [0, 0.1) is 18.6 Å². The number of hydrogen-bond acceptors (Lipinski definition) is 6. The second-order valence-corrected chi connectivity index (χ2v) is 10.5. The molecule has 0 aliphatic carbocycles. The minimum absolute atomic E-state index is 0.158. The number of aryl methyl sites for hydroxylation is 1. The Labute approximate surface area is 204 Å². The molecule has 1 saturated heterocycles. The predicted octanol–water partition coefficient (Wildman–Crippen LogP) is 3.68. The fourth-order valence-corrected chi connectivity index (χ4v) is 5.88. The van der Waals surface area contributed by atoms with Crippen molar-refractivity contribution >= 4 is 44.1 Å². The number of thiazole rings is 1. The van der Waals surface area contributed by atoms with E-state index in [0.29, 0.717) is 46.7 Å². The quantitative estimate of drug-likeness (QED) is 0.455. The average Bonchev–Trinajstić information content (AvgIpc) is 3.40. The first-order chi connectivity index (χ1) is 16.5. The molecule has 0 saturated carbocycles. The molecule has 1 aliphatic rings. The molecule has 0 spiro atoms. The first-order valence-corrected chi connectivity index (χ1v) is 12.8. The number of sulfonamides is 1. The number of primary amides is 1. The first kappa shape index (κ1) is 24.5. The normalized spacial score (nSPS) is 15.7. The van der Waals surface area contributed by atoms with Gasteiger partial charge in [0.25, 0.3) is 10.0 Å². The van der Waals surface area contributed by atoms with Crippen molar-refractivity contribution in [3.63, 3.8) is 0 Å². The molecule has 1 fully saturated rings. The lowest BCUT2D eigenvalue weighted by Gasteiger charge is -2.21. The fraction of sp³-hybridized carbons (Fsp3) is 0.227. The molecule has 4 N–H and O–H groups in total. The lowest BCUT2D eigenvalue weighted by atomic mass is 10.1. The zero-order chi connectivity index (χ0) is 25.3. The largest absolute Gasteiger partial charge is 0.368 e. The minimum Gasteiger partial charge on any atom is -0.368 e. The molecule has 1 aliphatic heterocycles. The lowest BCUT2D eigenvalue weighted by Crippen LogP contribution is -2.45. The van der Waals surface area contributed by atoms with Gasteiger partial charge < -0.3 is 10.6 Å². The Balaban J connectivity index is 1.54. The molecule has 35 heavy (non-hydrogen) atoms. The van der Waals surface area contributed by atoms with Gasteiger partial charge in [0.15, 0.2) is 5.13 Å². The van der Waals surface area contributed by atoms with E-state index in [1.165, 1.54) is 28.4 Å². The van der Waals surface area contributed by atoms with Gasteiger partial charge in [0.05, 0.1) is 10.6 Å². The van der Waals surface area contributed by atoms with Crippen LogP contribution in [0.5, 0.6) is 0 Å². The summed E-state index contributed by atoms with van der Waals surface area (Å²) >= 11 is 1.17. The van der Waals surface area contributed by atoms with E-state index >= 15 is 0 Å². The number of carbonyl (C=O) groups excluding carboxylic acids is 2. The van der Waals surface area contributed by atoms with Gasteiger partial charge in [-0.15, -0.1) is 0 Å². The third kappa shape index (κ3) is 5.25. The van der Waals surface area contributed by atoms with Gasteiger partial charge in [-0.05, 0) is 49.6 Å². The highest BCUT2D eigenvalue weighted by molar-refractivity contribution is 7.92. The van der Waals surface area contributed by atoms with E-state index in [1.807, 2.05) is 0 Å². The molecule has 184 valence electrons. The van der Waals surface area contributed by atoms with Crippen molar-refractivity contribution in [3.8, 4) is 10.4 Å². The highest BCUT2D eigenvalue weighted by Crippen LogP contribution is 2.35. The first-order valence-electron chi connectivity index (χ1n) is 10.5. The summed E-state index contributed by atoms with van der Waals surface area (Å²) in [5, 5.41) is 2.99. The zero-order valence-electron chi connectivity index (χ0n) is 18.4. The van der Waals surface area contributed by atoms with Crippen LogP contribution in [0.15, 0.2) is 47.4 Å². The van der Waals surface area contributed by atoms with Crippen LogP contribution >= 0.6 is 11.3 Å². The number of aromatic nitrogens is 1. The van der Waals surface area contributed by atoms with Crippen LogP contribution in [0.2, 0.25) is 0 Å². The molecule has 3 aromatic rings. The summed E-state index contributed by atoms with van der Waals surface area (Å²) in [5.41, 5.74) is 6.73. The molecule has 2 heterocycles. The molecule has 13 heteroatoms. The summed E-state index contributed by atoms with van der Waals surface area (Å²) in [6.45, 7) is 2.14. The van der Waals surface area contributed by atoms with Crippen molar-refractivity contribution in [1.82, 2.24) is 9.88 Å². The monoisotopic (exact) mass is 521 g/mol. The molecule has 1 aromatic heterocycles. The highest BCUT2D eigenvalue weighted by atomic mass is 32.2. The highest BCUT2D eigenvalue weighted by Gasteiger charge is 2.33. The molecule has 0 unspecified atom stereocenters. The maximum Gasteiger partial charge on any atom is 0.324 e. The van der Waals surface area contributed by atoms with Gasteiger partial charge in [-0.3, -0.25) is 14.8 Å². The summed E-state index contributed by atoms with van der Waals surface area (Å²) in [6.07, 6.45) is 1.18. The molecule has 1 atom stereocenters. The number of nitrogens with two attached hydrogens (primary N) is 1. The minimum atomic E-state index is -4.31. The van der Waals surface area contributed by atoms with Crippen LogP contribution in [0.1, 0.15) is 18.5 Å². The number of hydrogen-bond donors (Lipinski definition) is 3. The number of anilines is 2. The van der Waals surface area contributed by atoms with Crippen LogP contribution in [-0.2, 0) is 14.8 Å². The number of likely N-dealkylation sites (tertiary alicyclic amines) is 1. The number of nitrogens with one attached hydrogen (secondary N) is 2. The average molecular weight is 522 g/mol. The standard InChI is InChI=1S/C22H21F2N5O4S2/c1-12-19(34-21(26-12)27-22(31)29-9-3-6-17(29)20(25)30)13-4-2-5-15(10-13)28-35(32,33)18-8-7-14(23)11-16(18)24/h2,4-5,7-8,10-11,17,28H,3,6,9H2,1H3,(H2,25,30)(H,26,27,31)/t17-/m0/s1. The van der Waals surface area contributed by atoms with E-state index in [-0.39, 0.29) is 5.69 Å². The second kappa shape index (κ2) is 9.58. The molecular formula is C22H21F2N5O4S2. The topological polar surface area (TPSA) is 134 Å². The van der Waals surface area contributed by atoms with E-state index in [1.54, 1.807) is 19.1 Å². The molecule has 2 aromatic carbocycles. The molecule has 9 nitrogen and oxygen atoms in total. The Morgan fingerprint density at radius 2 is 1.97 bits per heavy atom. The SMILES string of the molecule is Cc1nc(NC(=O)N2CCC[C@H]2C(N)=O)sc1-c1cccc(NS(=O)(=O)c2ccc(F)cc2F)c1. The molecular weight excluding hydrogens is 500 g/mol. The second-order valence-electron chi connectivity index (χ2n) is 7.88. The summed E-state index contributed by atoms with van der Waals surface area (Å²) in [6, 6.07) is 7.42. The Morgan fingerprint density at radius 1 is 1.20 bits per heavy atom. The number of urea groups is 1. The van der Waals surface area contributed by atoms with Crippen molar-refractivity contribution in [2.45, 2.75) is 30.7 Å². The van der Waals surface area contributed by atoms with Gasteiger partial charge in [-0.2, -0.15) is 0 Å². The summed E-state index contributed by atoms with van der Waals surface area (Å²) < 4.78 is 54.7. The number of benzene rings is 2. The Morgan fingerprint density at radius 3 is 2.69 bits per heavy atom. The number of halogens is 2. The Kier molecular flexibility index (Phi) is 6.72. The Bertz CT molecular complexity index is 1410. The maximum atomic E-state index is 14.0. The van der Waals surface area contributed by atoms with Crippen molar-refractivity contribution in [2.75, 3.05) is 16.6 Å². The molecule has 3 amide bonds. The van der Waals surface area contributed by atoms with Crippen molar-refractivity contribution in [1.29, 1.82) is 0 Å². The van der Waals surface area contributed by atoms with Crippen molar-refractivity contribution < 1.29 is 26.8 Å². The summed E-state index contributed by atoms with van der Waals surface area (Å²) in [5.74, 6) is -2.65. The number of carbonyl (C=O) groups is 2. The third-order valence-corrected chi connectivity index (χ3v) is 7.95. The van der Waals surface area contributed by atoms with Gasteiger partial charge >= 0.3 is 6.03 Å². The smallest absolute Gasteiger partial charge is 0.324 e. The van der Waals surface area contributed by atoms with Crippen LogP contribution in [0.4, 0.5) is 24.4 Å². The van der Waals surface area contributed by atoms with Crippen molar-refractivity contribution in [2.24, 2.45) is 5.73 Å². The van der Waals surface area contributed by atoms with Gasteiger partial charge in [-0.25, -0.2) is 27.0 Å². The van der Waals surface area contributed by atoms with Crippen LogP contribution < -0.4 is 15.8 Å². The molecule has 4 rings (SSSR count). The Hall–Kier alpha value is -3.58.